The van der Waals surface area contributed by atoms with Crippen molar-refractivity contribution in [3.05, 3.63) is 76.8 Å². The fourth-order valence-electron chi connectivity index (χ4n) is 2.96. The fourth-order valence-corrected chi connectivity index (χ4v) is 3.26. The van der Waals surface area contributed by atoms with Gasteiger partial charge in [0.15, 0.2) is 11.5 Å². The molecule has 0 atom stereocenters. The Labute approximate surface area is 181 Å². The van der Waals surface area contributed by atoms with Crippen LogP contribution in [0.4, 0.5) is 5.69 Å². The van der Waals surface area contributed by atoms with Crippen molar-refractivity contribution < 1.29 is 14.3 Å². The SMILES string of the molecule is CCOc1cc(/C=C/C(=O)Nc2ccc(Cn3ccnc3C)cc2)cc(Cl)c1OC. The van der Waals surface area contributed by atoms with Gasteiger partial charge in [0, 0.05) is 30.7 Å². The smallest absolute Gasteiger partial charge is 0.248 e. The highest BCUT2D eigenvalue weighted by Gasteiger charge is 2.10. The van der Waals surface area contributed by atoms with Gasteiger partial charge in [0.05, 0.1) is 18.7 Å². The van der Waals surface area contributed by atoms with Crippen molar-refractivity contribution in [2.24, 2.45) is 0 Å². The molecule has 0 radical (unpaired) electrons. The Bertz CT molecular complexity index is 1040. The first-order chi connectivity index (χ1) is 14.5. The van der Waals surface area contributed by atoms with Gasteiger partial charge in [-0.05, 0) is 55.3 Å². The van der Waals surface area contributed by atoms with Crippen molar-refractivity contribution in [3.63, 3.8) is 0 Å². The number of anilines is 1. The van der Waals surface area contributed by atoms with E-state index in [1.165, 1.54) is 13.2 Å². The molecule has 2 aromatic carbocycles. The van der Waals surface area contributed by atoms with Crippen LogP contribution in [-0.2, 0) is 11.3 Å². The summed E-state index contributed by atoms with van der Waals surface area (Å²) in [6.07, 6.45) is 6.86. The summed E-state index contributed by atoms with van der Waals surface area (Å²) >= 11 is 6.25. The van der Waals surface area contributed by atoms with E-state index in [4.69, 9.17) is 21.1 Å². The van der Waals surface area contributed by atoms with Gasteiger partial charge in [-0.15, -0.1) is 0 Å². The van der Waals surface area contributed by atoms with E-state index in [9.17, 15) is 4.79 Å². The molecular weight excluding hydrogens is 402 g/mol. The molecule has 0 saturated carbocycles. The molecule has 0 unspecified atom stereocenters. The van der Waals surface area contributed by atoms with Crippen molar-refractivity contribution in [2.45, 2.75) is 20.4 Å². The number of nitrogens with one attached hydrogen (secondary N) is 1. The first-order valence-electron chi connectivity index (χ1n) is 9.56. The van der Waals surface area contributed by atoms with Gasteiger partial charge < -0.3 is 19.4 Å². The Balaban J connectivity index is 1.64. The third-order valence-electron chi connectivity index (χ3n) is 4.46. The topological polar surface area (TPSA) is 65.4 Å². The number of aromatic nitrogens is 2. The molecule has 0 spiro atoms. The average molecular weight is 426 g/mol. The minimum absolute atomic E-state index is 0.238. The van der Waals surface area contributed by atoms with Gasteiger partial charge in [-0.3, -0.25) is 4.79 Å². The van der Waals surface area contributed by atoms with Crippen LogP contribution in [0.15, 0.2) is 54.9 Å². The lowest BCUT2D eigenvalue weighted by Crippen LogP contribution is -2.08. The molecular formula is C23H24ClN3O3. The van der Waals surface area contributed by atoms with Gasteiger partial charge in [0.2, 0.25) is 5.91 Å². The van der Waals surface area contributed by atoms with Crippen molar-refractivity contribution in [1.82, 2.24) is 9.55 Å². The zero-order valence-corrected chi connectivity index (χ0v) is 17.9. The van der Waals surface area contributed by atoms with Crippen LogP contribution in [0.2, 0.25) is 5.02 Å². The number of imidazole rings is 1. The third kappa shape index (κ3) is 5.42. The largest absolute Gasteiger partial charge is 0.491 e. The number of methoxy groups -OCH3 is 1. The normalized spacial score (nSPS) is 10.9. The first-order valence-corrected chi connectivity index (χ1v) is 9.94. The zero-order chi connectivity index (χ0) is 21.5. The number of ether oxygens (including phenoxy) is 2. The van der Waals surface area contributed by atoms with E-state index in [1.54, 1.807) is 24.4 Å². The number of hydrogen-bond acceptors (Lipinski definition) is 4. The number of amides is 1. The second-order valence-electron chi connectivity index (χ2n) is 6.59. The molecule has 6 nitrogen and oxygen atoms in total. The van der Waals surface area contributed by atoms with Crippen molar-refractivity contribution in [2.75, 3.05) is 19.0 Å². The summed E-state index contributed by atoms with van der Waals surface area (Å²) in [4.78, 5) is 16.5. The first kappa shape index (κ1) is 21.5. The van der Waals surface area contributed by atoms with E-state index in [1.807, 2.05) is 44.3 Å². The molecule has 1 heterocycles. The maximum Gasteiger partial charge on any atom is 0.248 e. The van der Waals surface area contributed by atoms with Crippen LogP contribution in [0, 0.1) is 6.92 Å². The molecule has 30 heavy (non-hydrogen) atoms. The number of aryl methyl sites for hydroxylation is 1. The van der Waals surface area contributed by atoms with Crippen LogP contribution in [0.25, 0.3) is 6.08 Å². The molecule has 0 aliphatic rings. The Morgan fingerprint density at radius 3 is 2.67 bits per heavy atom. The van der Waals surface area contributed by atoms with E-state index in [0.29, 0.717) is 23.1 Å². The van der Waals surface area contributed by atoms with Crippen molar-refractivity contribution in [3.8, 4) is 11.5 Å². The second-order valence-corrected chi connectivity index (χ2v) is 7.00. The van der Waals surface area contributed by atoms with Crippen molar-refractivity contribution in [1.29, 1.82) is 0 Å². The summed E-state index contributed by atoms with van der Waals surface area (Å²) < 4.78 is 12.9. The molecule has 3 aromatic rings. The lowest BCUT2D eigenvalue weighted by molar-refractivity contribution is -0.111. The highest BCUT2D eigenvalue weighted by Crippen LogP contribution is 2.36. The number of nitrogens with zero attached hydrogens (tertiary/aromatic N) is 2. The van der Waals surface area contributed by atoms with Crippen LogP contribution in [0.1, 0.15) is 23.9 Å². The van der Waals surface area contributed by atoms with Crippen LogP contribution in [-0.4, -0.2) is 29.2 Å². The molecule has 1 amide bonds. The van der Waals surface area contributed by atoms with E-state index < -0.39 is 0 Å². The maximum atomic E-state index is 12.3. The fraction of sp³-hybridized carbons (Fsp3) is 0.217. The number of carbonyl (C=O) groups excluding carboxylic acids is 1. The highest BCUT2D eigenvalue weighted by atomic mass is 35.5. The van der Waals surface area contributed by atoms with Gasteiger partial charge in [-0.25, -0.2) is 4.98 Å². The summed E-state index contributed by atoms with van der Waals surface area (Å²) in [6, 6.07) is 11.2. The number of hydrogen-bond donors (Lipinski definition) is 1. The minimum atomic E-state index is -0.238. The molecule has 7 heteroatoms. The van der Waals surface area contributed by atoms with E-state index in [-0.39, 0.29) is 5.91 Å². The van der Waals surface area contributed by atoms with Crippen LogP contribution in [0.3, 0.4) is 0 Å². The lowest BCUT2D eigenvalue weighted by Gasteiger charge is -2.11. The summed E-state index contributed by atoms with van der Waals surface area (Å²) in [5.74, 6) is 1.74. The molecule has 1 N–H and O–H groups in total. The Morgan fingerprint density at radius 1 is 1.27 bits per heavy atom. The molecule has 3 rings (SSSR count). The van der Waals surface area contributed by atoms with Gasteiger partial charge >= 0.3 is 0 Å². The second kappa shape index (κ2) is 9.98. The molecule has 0 aliphatic heterocycles. The number of halogens is 1. The molecule has 1 aromatic heterocycles. The molecule has 156 valence electrons. The molecule has 0 bridgehead atoms. The average Bonchev–Trinajstić information content (AvgIpc) is 3.12. The molecule has 0 saturated heterocycles. The van der Waals surface area contributed by atoms with E-state index in [0.717, 1.165) is 29.2 Å². The van der Waals surface area contributed by atoms with Crippen LogP contribution in [0.5, 0.6) is 11.5 Å². The Hall–Kier alpha value is -3.25. The van der Waals surface area contributed by atoms with E-state index in [2.05, 4.69) is 14.9 Å². The summed E-state index contributed by atoms with van der Waals surface area (Å²) in [7, 11) is 1.54. The zero-order valence-electron chi connectivity index (χ0n) is 17.2. The lowest BCUT2D eigenvalue weighted by atomic mass is 10.1. The Kier molecular flexibility index (Phi) is 7.14. The quantitative estimate of drug-likeness (QED) is 0.518. The summed E-state index contributed by atoms with van der Waals surface area (Å²) in [5, 5.41) is 3.28. The van der Waals surface area contributed by atoms with Gasteiger partial charge in [-0.1, -0.05) is 23.7 Å². The third-order valence-corrected chi connectivity index (χ3v) is 4.74. The van der Waals surface area contributed by atoms with E-state index >= 15 is 0 Å². The van der Waals surface area contributed by atoms with Crippen LogP contribution >= 0.6 is 11.6 Å². The number of carbonyl (C=O) groups is 1. The Morgan fingerprint density at radius 2 is 2.03 bits per heavy atom. The summed E-state index contributed by atoms with van der Waals surface area (Å²) in [6.45, 7) is 5.07. The number of benzene rings is 2. The highest BCUT2D eigenvalue weighted by molar-refractivity contribution is 6.32. The van der Waals surface area contributed by atoms with Gasteiger partial charge in [0.1, 0.15) is 5.82 Å². The predicted molar refractivity (Wildman–Crippen MR) is 119 cm³/mol. The van der Waals surface area contributed by atoms with Crippen molar-refractivity contribution >= 4 is 29.3 Å². The van der Waals surface area contributed by atoms with Gasteiger partial charge in [-0.2, -0.15) is 0 Å². The predicted octanol–water partition coefficient (Wildman–Crippen LogP) is 4.95. The standard InChI is InChI=1S/C23H24ClN3O3/c1-4-30-21-14-18(13-20(24)23(21)29-3)7-10-22(28)26-19-8-5-17(6-9-19)15-27-12-11-25-16(27)2/h5-14H,4,15H2,1-3H3,(H,26,28)/b10-7+. The van der Waals surface area contributed by atoms with Crippen LogP contribution < -0.4 is 14.8 Å². The summed E-state index contributed by atoms with van der Waals surface area (Å²) in [5.41, 5.74) is 2.59. The molecule has 0 fully saturated rings. The molecule has 0 aliphatic carbocycles. The number of rotatable bonds is 8. The van der Waals surface area contributed by atoms with Gasteiger partial charge in [0.25, 0.3) is 0 Å². The monoisotopic (exact) mass is 425 g/mol. The minimum Gasteiger partial charge on any atom is -0.491 e. The maximum absolute atomic E-state index is 12.3.